The van der Waals surface area contributed by atoms with Gasteiger partial charge in [-0.2, -0.15) is 0 Å². The number of benzene rings is 1. The monoisotopic (exact) mass is 225 g/mol. The summed E-state index contributed by atoms with van der Waals surface area (Å²) in [7, 11) is 0. The average molecular weight is 225 g/mol. The van der Waals surface area contributed by atoms with E-state index in [1.54, 1.807) is 32.0 Å². The Hall–Kier alpha value is -1.42. The highest BCUT2D eigenvalue weighted by Gasteiger charge is 2.26. The molecule has 2 N–H and O–H groups in total. The van der Waals surface area contributed by atoms with Gasteiger partial charge in [0, 0.05) is 18.7 Å². The third kappa shape index (κ3) is 3.31. The lowest BCUT2D eigenvalue weighted by molar-refractivity contribution is -0.146. The highest BCUT2D eigenvalue weighted by atomic mass is 19.1. The number of carboxylic acids is 1. The molecule has 0 radical (unpaired) electrons. The van der Waals surface area contributed by atoms with Crippen LogP contribution in [0, 0.1) is 11.2 Å². The molecule has 88 valence electrons. The fourth-order valence-corrected chi connectivity index (χ4v) is 1.23. The fraction of sp³-hybridized carbons (Fsp3) is 0.417. The Morgan fingerprint density at radius 2 is 2.06 bits per heavy atom. The second-order valence-electron chi connectivity index (χ2n) is 4.38. The third-order valence-electron chi connectivity index (χ3n) is 2.42. The number of hydrogen-bond donors (Lipinski definition) is 2. The van der Waals surface area contributed by atoms with Crippen molar-refractivity contribution >= 4 is 5.97 Å². The first-order chi connectivity index (χ1) is 7.43. The lowest BCUT2D eigenvalue weighted by atomic mass is 9.94. The molecule has 4 heteroatoms. The molecule has 1 aromatic carbocycles. The van der Waals surface area contributed by atoms with Crippen molar-refractivity contribution in [2.45, 2.75) is 20.4 Å². The molecule has 0 amide bonds. The molecule has 0 bridgehead atoms. The van der Waals surface area contributed by atoms with Gasteiger partial charge in [-0.1, -0.05) is 18.2 Å². The van der Waals surface area contributed by atoms with E-state index >= 15 is 0 Å². The summed E-state index contributed by atoms with van der Waals surface area (Å²) >= 11 is 0. The van der Waals surface area contributed by atoms with Crippen molar-refractivity contribution in [1.82, 2.24) is 5.32 Å². The summed E-state index contributed by atoms with van der Waals surface area (Å²) in [5.74, 6) is -1.14. The third-order valence-corrected chi connectivity index (χ3v) is 2.42. The average Bonchev–Trinajstić information content (AvgIpc) is 2.20. The summed E-state index contributed by atoms with van der Waals surface area (Å²) in [4.78, 5) is 10.8. The van der Waals surface area contributed by atoms with E-state index in [-0.39, 0.29) is 5.82 Å². The second-order valence-corrected chi connectivity index (χ2v) is 4.38. The van der Waals surface area contributed by atoms with E-state index in [9.17, 15) is 9.18 Å². The molecule has 16 heavy (non-hydrogen) atoms. The van der Waals surface area contributed by atoms with Crippen LogP contribution in [0.1, 0.15) is 19.4 Å². The zero-order valence-corrected chi connectivity index (χ0v) is 9.46. The van der Waals surface area contributed by atoms with Crippen LogP contribution in [-0.2, 0) is 11.3 Å². The van der Waals surface area contributed by atoms with Gasteiger partial charge in [-0.3, -0.25) is 4.79 Å². The molecule has 0 heterocycles. The normalized spacial score (nSPS) is 11.4. The predicted molar refractivity (Wildman–Crippen MR) is 59.5 cm³/mol. The van der Waals surface area contributed by atoms with E-state index in [1.807, 2.05) is 0 Å². The maximum atomic E-state index is 13.2. The van der Waals surface area contributed by atoms with Crippen LogP contribution in [0.25, 0.3) is 0 Å². The fourth-order valence-electron chi connectivity index (χ4n) is 1.23. The van der Waals surface area contributed by atoms with E-state index in [1.165, 1.54) is 6.07 Å². The maximum absolute atomic E-state index is 13.2. The summed E-state index contributed by atoms with van der Waals surface area (Å²) < 4.78 is 13.2. The summed E-state index contributed by atoms with van der Waals surface area (Å²) in [6, 6.07) is 6.44. The smallest absolute Gasteiger partial charge is 0.310 e. The van der Waals surface area contributed by atoms with Crippen LogP contribution in [0.4, 0.5) is 4.39 Å². The van der Waals surface area contributed by atoms with Gasteiger partial charge in [0.25, 0.3) is 0 Å². The van der Waals surface area contributed by atoms with Crippen molar-refractivity contribution < 1.29 is 14.3 Å². The van der Waals surface area contributed by atoms with E-state index in [0.717, 1.165) is 0 Å². The molecule has 0 atom stereocenters. The first-order valence-corrected chi connectivity index (χ1v) is 5.11. The molecule has 0 saturated heterocycles. The Morgan fingerprint density at radius 3 is 2.62 bits per heavy atom. The number of carbonyl (C=O) groups is 1. The molecule has 0 unspecified atom stereocenters. The van der Waals surface area contributed by atoms with Crippen molar-refractivity contribution in [2.75, 3.05) is 6.54 Å². The van der Waals surface area contributed by atoms with Crippen LogP contribution in [0.3, 0.4) is 0 Å². The number of halogens is 1. The quantitative estimate of drug-likeness (QED) is 0.806. The molecule has 3 nitrogen and oxygen atoms in total. The molecular weight excluding hydrogens is 209 g/mol. The Balaban J connectivity index is 2.48. The number of aliphatic carboxylic acids is 1. The molecule has 0 fully saturated rings. The highest BCUT2D eigenvalue weighted by Crippen LogP contribution is 2.14. The predicted octanol–water partition coefficient (Wildman–Crippen LogP) is 2.03. The second kappa shape index (κ2) is 5.07. The number of nitrogens with one attached hydrogen (secondary N) is 1. The summed E-state index contributed by atoms with van der Waals surface area (Å²) in [6.45, 7) is 3.90. The largest absolute Gasteiger partial charge is 0.481 e. The Morgan fingerprint density at radius 1 is 1.44 bits per heavy atom. The minimum Gasteiger partial charge on any atom is -0.481 e. The summed E-state index contributed by atoms with van der Waals surface area (Å²) in [5.41, 5.74) is -0.297. The molecule has 1 rings (SSSR count). The van der Waals surface area contributed by atoms with Gasteiger partial charge in [0.05, 0.1) is 5.41 Å². The first kappa shape index (κ1) is 12.6. The van der Waals surface area contributed by atoms with Crippen LogP contribution in [0.2, 0.25) is 0 Å². The minimum absolute atomic E-state index is 0.275. The van der Waals surface area contributed by atoms with E-state index in [4.69, 9.17) is 5.11 Å². The SMILES string of the molecule is CC(C)(CNCc1ccccc1F)C(=O)O. The van der Waals surface area contributed by atoms with Gasteiger partial charge in [0.1, 0.15) is 5.82 Å². The highest BCUT2D eigenvalue weighted by molar-refractivity contribution is 5.73. The first-order valence-electron chi connectivity index (χ1n) is 5.11. The van der Waals surface area contributed by atoms with Gasteiger partial charge >= 0.3 is 5.97 Å². The van der Waals surface area contributed by atoms with Gasteiger partial charge in [-0.15, -0.1) is 0 Å². The molecule has 0 saturated carbocycles. The standard InChI is InChI=1S/C12H16FNO2/c1-12(2,11(15)16)8-14-7-9-5-3-4-6-10(9)13/h3-6,14H,7-8H2,1-2H3,(H,15,16). The van der Waals surface area contributed by atoms with Crippen molar-refractivity contribution in [3.05, 3.63) is 35.6 Å². The van der Waals surface area contributed by atoms with Crippen molar-refractivity contribution in [2.24, 2.45) is 5.41 Å². The minimum atomic E-state index is -0.867. The molecule has 0 aliphatic rings. The van der Waals surface area contributed by atoms with E-state index < -0.39 is 11.4 Å². The van der Waals surface area contributed by atoms with Crippen LogP contribution < -0.4 is 5.32 Å². The van der Waals surface area contributed by atoms with Crippen LogP contribution >= 0.6 is 0 Å². The number of hydrogen-bond acceptors (Lipinski definition) is 2. The van der Waals surface area contributed by atoms with Crippen LogP contribution in [-0.4, -0.2) is 17.6 Å². The van der Waals surface area contributed by atoms with Gasteiger partial charge in [0.2, 0.25) is 0 Å². The summed E-state index contributed by atoms with van der Waals surface area (Å²) in [6.07, 6.45) is 0. The lowest BCUT2D eigenvalue weighted by Gasteiger charge is -2.19. The number of rotatable bonds is 5. The Kier molecular flexibility index (Phi) is 4.01. The summed E-state index contributed by atoms with van der Waals surface area (Å²) in [5, 5.41) is 11.8. The number of carboxylic acid groups (broad SMARTS) is 1. The molecule has 0 aromatic heterocycles. The molecule has 0 aliphatic heterocycles. The lowest BCUT2D eigenvalue weighted by Crippen LogP contribution is -2.35. The zero-order valence-electron chi connectivity index (χ0n) is 9.46. The Bertz CT molecular complexity index is 377. The van der Waals surface area contributed by atoms with Crippen molar-refractivity contribution in [3.8, 4) is 0 Å². The molecule has 0 aliphatic carbocycles. The van der Waals surface area contributed by atoms with E-state index in [0.29, 0.717) is 18.7 Å². The van der Waals surface area contributed by atoms with Crippen LogP contribution in [0.5, 0.6) is 0 Å². The Labute approximate surface area is 94.3 Å². The van der Waals surface area contributed by atoms with Crippen molar-refractivity contribution in [1.29, 1.82) is 0 Å². The van der Waals surface area contributed by atoms with Gasteiger partial charge in [-0.05, 0) is 19.9 Å². The molecular formula is C12H16FNO2. The van der Waals surface area contributed by atoms with Crippen LogP contribution in [0.15, 0.2) is 24.3 Å². The van der Waals surface area contributed by atoms with Crippen molar-refractivity contribution in [3.63, 3.8) is 0 Å². The van der Waals surface area contributed by atoms with Gasteiger partial charge < -0.3 is 10.4 Å². The molecule has 0 spiro atoms. The zero-order chi connectivity index (χ0) is 12.2. The van der Waals surface area contributed by atoms with Gasteiger partial charge in [0.15, 0.2) is 0 Å². The molecule has 1 aromatic rings. The van der Waals surface area contributed by atoms with E-state index in [2.05, 4.69) is 5.32 Å². The topological polar surface area (TPSA) is 49.3 Å². The maximum Gasteiger partial charge on any atom is 0.310 e. The van der Waals surface area contributed by atoms with Gasteiger partial charge in [-0.25, -0.2) is 4.39 Å².